The Morgan fingerprint density at radius 2 is 2.18 bits per heavy atom. The molecule has 1 rings (SSSR count). The topological polar surface area (TPSA) is 24.4 Å². The van der Waals surface area contributed by atoms with Crippen molar-refractivity contribution >= 4 is 11.9 Å². The molecule has 0 aliphatic heterocycles. The summed E-state index contributed by atoms with van der Waals surface area (Å²) in [4.78, 5) is 0. The Morgan fingerprint density at radius 3 is 2.82 bits per heavy atom. The molecule has 3 heteroatoms. The minimum absolute atomic E-state index is 0.748. The van der Waals surface area contributed by atoms with Crippen molar-refractivity contribution < 1.29 is 4.48 Å². The molecular weight excluding hydrogens is 143 g/mol. The van der Waals surface area contributed by atoms with Crippen molar-refractivity contribution in [3.63, 3.8) is 0 Å². The number of halogens is 1. The highest BCUT2D eigenvalue weighted by Gasteiger charge is 1.93. The number of nitrogens with zero attached hydrogens (tertiary/aromatic N) is 1. The zero-order valence-corrected chi connectivity index (χ0v) is 6.21. The Morgan fingerprint density at radius 1 is 1.45 bits per heavy atom. The molecule has 0 heterocycles. The lowest BCUT2D eigenvalue weighted by Crippen LogP contribution is -1.92. The van der Waals surface area contributed by atoms with E-state index in [1.165, 1.54) is 6.21 Å². The van der Waals surface area contributed by atoms with E-state index in [1.807, 2.05) is 18.2 Å². The summed E-state index contributed by atoms with van der Waals surface area (Å²) in [6, 6.07) is 7.35. The molecule has 0 radical (unpaired) electrons. The number of anilines is 1. The summed E-state index contributed by atoms with van der Waals surface area (Å²) >= 11 is 0. The van der Waals surface area contributed by atoms with Gasteiger partial charge in [0.1, 0.15) is 0 Å². The van der Waals surface area contributed by atoms with Gasteiger partial charge in [0, 0.05) is 18.3 Å². The van der Waals surface area contributed by atoms with E-state index in [1.54, 1.807) is 13.1 Å². The van der Waals surface area contributed by atoms with Crippen LogP contribution in [0.4, 0.5) is 10.2 Å². The number of benzene rings is 1. The summed E-state index contributed by atoms with van der Waals surface area (Å²) in [6.07, 6.45) is 1.17. The largest absolute Gasteiger partial charge is 0.388 e. The minimum atomic E-state index is 0.748. The number of para-hydroxylation sites is 1. The van der Waals surface area contributed by atoms with Crippen LogP contribution in [0.15, 0.2) is 29.5 Å². The first kappa shape index (κ1) is 7.72. The lowest BCUT2D eigenvalue weighted by Gasteiger charge is -2.01. The van der Waals surface area contributed by atoms with Crippen molar-refractivity contribution in [1.29, 1.82) is 0 Å². The van der Waals surface area contributed by atoms with E-state index in [4.69, 9.17) is 0 Å². The van der Waals surface area contributed by atoms with Crippen LogP contribution >= 0.6 is 0 Å². The van der Waals surface area contributed by atoms with Crippen molar-refractivity contribution in [3.05, 3.63) is 29.8 Å². The van der Waals surface area contributed by atoms with Gasteiger partial charge in [0.2, 0.25) is 0 Å². The Kier molecular flexibility index (Phi) is 2.60. The molecule has 1 N–H and O–H groups in total. The second kappa shape index (κ2) is 3.71. The van der Waals surface area contributed by atoms with Gasteiger partial charge in [0.05, 0.1) is 6.21 Å². The van der Waals surface area contributed by atoms with Crippen LogP contribution in [0.3, 0.4) is 0 Å². The molecule has 0 amide bonds. The van der Waals surface area contributed by atoms with Crippen molar-refractivity contribution in [2.45, 2.75) is 0 Å². The van der Waals surface area contributed by atoms with Crippen LogP contribution in [0, 0.1) is 0 Å². The fraction of sp³-hybridized carbons (Fsp3) is 0.125. The van der Waals surface area contributed by atoms with Crippen LogP contribution in [0.1, 0.15) is 5.56 Å². The number of nitrogens with one attached hydrogen (secondary N) is 1. The summed E-state index contributed by atoms with van der Waals surface area (Å²) in [5.74, 6) is 0. The standard InChI is InChI=1S/C8H9FN2/c1-10-8-5-3-2-4-7(8)6-11-9/h2-6,10H,1H3. The highest BCUT2D eigenvalue weighted by molar-refractivity contribution is 5.87. The lowest BCUT2D eigenvalue weighted by molar-refractivity contribution is 0.541. The van der Waals surface area contributed by atoms with Gasteiger partial charge in [-0.3, -0.25) is 0 Å². The van der Waals surface area contributed by atoms with E-state index in [0.717, 1.165) is 11.3 Å². The van der Waals surface area contributed by atoms with Crippen molar-refractivity contribution in [2.75, 3.05) is 12.4 Å². The smallest absolute Gasteiger partial charge is 0.0692 e. The van der Waals surface area contributed by atoms with Gasteiger partial charge in [-0.1, -0.05) is 27.9 Å². The van der Waals surface area contributed by atoms with Crippen molar-refractivity contribution in [1.82, 2.24) is 0 Å². The Hall–Kier alpha value is -1.38. The minimum Gasteiger partial charge on any atom is -0.388 e. The predicted octanol–water partition coefficient (Wildman–Crippen LogP) is 2.03. The first-order valence-corrected chi connectivity index (χ1v) is 3.29. The second-order valence-electron chi connectivity index (χ2n) is 2.06. The third-order valence-electron chi connectivity index (χ3n) is 1.42. The molecule has 0 atom stereocenters. The highest BCUT2D eigenvalue weighted by Crippen LogP contribution is 2.11. The van der Waals surface area contributed by atoms with Gasteiger partial charge in [-0.05, 0) is 6.07 Å². The predicted molar refractivity (Wildman–Crippen MR) is 44.7 cm³/mol. The molecular formula is C8H9FN2. The summed E-state index contributed by atoms with van der Waals surface area (Å²) in [7, 11) is 1.78. The van der Waals surface area contributed by atoms with Crippen LogP contribution in [0.25, 0.3) is 0 Å². The molecule has 2 nitrogen and oxygen atoms in total. The number of rotatable bonds is 2. The molecule has 1 aromatic rings. The molecule has 58 valence electrons. The monoisotopic (exact) mass is 152 g/mol. The van der Waals surface area contributed by atoms with Gasteiger partial charge >= 0.3 is 0 Å². The summed E-state index contributed by atoms with van der Waals surface area (Å²) in [6.45, 7) is 0. The van der Waals surface area contributed by atoms with Gasteiger partial charge in [-0.15, -0.1) is 0 Å². The Labute approximate surface area is 64.7 Å². The maximum absolute atomic E-state index is 11.5. The molecule has 0 unspecified atom stereocenters. The highest BCUT2D eigenvalue weighted by atomic mass is 19.2. The molecule has 0 aromatic heterocycles. The molecule has 1 aromatic carbocycles. The molecule has 0 aliphatic rings. The zero-order chi connectivity index (χ0) is 8.10. The van der Waals surface area contributed by atoms with Gasteiger partial charge in [0.15, 0.2) is 0 Å². The fourth-order valence-electron chi connectivity index (χ4n) is 0.890. The van der Waals surface area contributed by atoms with Crippen molar-refractivity contribution in [2.24, 2.45) is 5.21 Å². The van der Waals surface area contributed by atoms with Gasteiger partial charge < -0.3 is 5.32 Å². The Bertz CT molecular complexity index is 258. The van der Waals surface area contributed by atoms with Crippen LogP contribution in [0.5, 0.6) is 0 Å². The van der Waals surface area contributed by atoms with Crippen LogP contribution in [-0.2, 0) is 0 Å². The average Bonchev–Trinajstić information content (AvgIpc) is 2.06. The maximum atomic E-state index is 11.5. The van der Waals surface area contributed by atoms with Crippen LogP contribution in [-0.4, -0.2) is 13.3 Å². The average molecular weight is 152 g/mol. The molecule has 11 heavy (non-hydrogen) atoms. The van der Waals surface area contributed by atoms with Crippen LogP contribution < -0.4 is 5.32 Å². The molecule has 0 spiro atoms. The molecule has 0 saturated carbocycles. The van der Waals surface area contributed by atoms with E-state index >= 15 is 0 Å². The van der Waals surface area contributed by atoms with E-state index in [9.17, 15) is 4.48 Å². The first-order chi connectivity index (χ1) is 5.38. The first-order valence-electron chi connectivity index (χ1n) is 3.29. The summed E-state index contributed by atoms with van der Waals surface area (Å²) in [5, 5.41) is 5.37. The summed E-state index contributed by atoms with van der Waals surface area (Å²) < 4.78 is 11.5. The fourth-order valence-corrected chi connectivity index (χ4v) is 0.890. The zero-order valence-electron chi connectivity index (χ0n) is 6.21. The van der Waals surface area contributed by atoms with E-state index in [-0.39, 0.29) is 0 Å². The van der Waals surface area contributed by atoms with E-state index < -0.39 is 0 Å². The van der Waals surface area contributed by atoms with E-state index in [0.29, 0.717) is 0 Å². The quantitative estimate of drug-likeness (QED) is 0.644. The van der Waals surface area contributed by atoms with Gasteiger partial charge in [-0.25, -0.2) is 0 Å². The molecule has 0 fully saturated rings. The molecule has 0 saturated heterocycles. The SMILES string of the molecule is CNc1ccccc1C=NF. The van der Waals surface area contributed by atoms with E-state index in [2.05, 4.69) is 10.5 Å². The lowest BCUT2D eigenvalue weighted by atomic mass is 10.2. The van der Waals surface area contributed by atoms with Crippen LogP contribution in [0.2, 0.25) is 0 Å². The summed E-state index contributed by atoms with van der Waals surface area (Å²) in [5.41, 5.74) is 1.62. The molecule has 0 bridgehead atoms. The van der Waals surface area contributed by atoms with Gasteiger partial charge in [0.25, 0.3) is 0 Å². The third-order valence-corrected chi connectivity index (χ3v) is 1.42. The van der Waals surface area contributed by atoms with Gasteiger partial charge in [-0.2, -0.15) is 0 Å². The number of hydrogen-bond donors (Lipinski definition) is 1. The third kappa shape index (κ3) is 1.77. The normalized spacial score (nSPS) is 10.4. The molecule has 0 aliphatic carbocycles. The van der Waals surface area contributed by atoms with Crippen molar-refractivity contribution in [3.8, 4) is 0 Å². The maximum Gasteiger partial charge on any atom is 0.0692 e. The number of hydrogen-bond acceptors (Lipinski definition) is 2. The second-order valence-corrected chi connectivity index (χ2v) is 2.06. The Balaban J connectivity index is 3.02.